The third-order valence-corrected chi connectivity index (χ3v) is 7.37. The maximum absolute atomic E-state index is 14.6. The predicted molar refractivity (Wildman–Crippen MR) is 139 cm³/mol. The first-order chi connectivity index (χ1) is 17.7. The molecule has 2 aliphatic carbocycles. The van der Waals surface area contributed by atoms with E-state index in [2.05, 4.69) is 25.5 Å². The Hall–Kier alpha value is -3.65. The van der Waals surface area contributed by atoms with Gasteiger partial charge in [0.2, 0.25) is 0 Å². The molecule has 7 nitrogen and oxygen atoms in total. The first-order valence-corrected chi connectivity index (χ1v) is 12.9. The van der Waals surface area contributed by atoms with Crippen LogP contribution in [0.3, 0.4) is 0 Å². The van der Waals surface area contributed by atoms with Crippen molar-refractivity contribution in [2.45, 2.75) is 37.5 Å². The summed E-state index contributed by atoms with van der Waals surface area (Å²) in [5, 5.41) is 7.74. The maximum atomic E-state index is 14.6. The van der Waals surface area contributed by atoms with Gasteiger partial charge in [0, 0.05) is 49.5 Å². The Balaban J connectivity index is 1.28. The second-order valence-corrected chi connectivity index (χ2v) is 10.1. The molecule has 0 amide bonds. The van der Waals surface area contributed by atoms with Crippen LogP contribution in [0.1, 0.15) is 48.6 Å². The molecule has 7 rings (SSSR count). The van der Waals surface area contributed by atoms with Crippen LogP contribution in [0.2, 0.25) is 0 Å². The van der Waals surface area contributed by atoms with E-state index in [-0.39, 0.29) is 5.82 Å². The molecule has 2 saturated carbocycles. The third kappa shape index (κ3) is 4.15. The van der Waals surface area contributed by atoms with Crippen LogP contribution in [0.4, 0.5) is 21.7 Å². The SMILES string of the molecule is Fc1ccc(C2CC2)cc1Nc1cc(-c2nc(N3CCNCC3)c3c(C4CC4)cncc3n2)ccn1. The van der Waals surface area contributed by atoms with Crippen LogP contribution in [0.25, 0.3) is 22.3 Å². The average molecular weight is 482 g/mol. The zero-order valence-electron chi connectivity index (χ0n) is 20.0. The lowest BCUT2D eigenvalue weighted by molar-refractivity contribution is 0.586. The predicted octanol–water partition coefficient (Wildman–Crippen LogP) is 5.13. The summed E-state index contributed by atoms with van der Waals surface area (Å²) >= 11 is 0. The lowest BCUT2D eigenvalue weighted by Crippen LogP contribution is -2.44. The highest BCUT2D eigenvalue weighted by Gasteiger charge is 2.29. The van der Waals surface area contributed by atoms with Crippen molar-refractivity contribution in [2.24, 2.45) is 0 Å². The van der Waals surface area contributed by atoms with Gasteiger partial charge in [0.15, 0.2) is 5.82 Å². The van der Waals surface area contributed by atoms with E-state index in [9.17, 15) is 4.39 Å². The molecule has 3 aliphatic rings. The Bertz CT molecular complexity index is 1440. The lowest BCUT2D eigenvalue weighted by Gasteiger charge is -2.30. The van der Waals surface area contributed by atoms with Crippen LogP contribution in [-0.4, -0.2) is 46.1 Å². The second-order valence-electron chi connectivity index (χ2n) is 10.1. The number of benzene rings is 1. The van der Waals surface area contributed by atoms with Crippen molar-refractivity contribution in [3.63, 3.8) is 0 Å². The van der Waals surface area contributed by atoms with Crippen molar-refractivity contribution in [3.05, 3.63) is 65.9 Å². The van der Waals surface area contributed by atoms with E-state index < -0.39 is 0 Å². The van der Waals surface area contributed by atoms with Crippen LogP contribution in [-0.2, 0) is 0 Å². The van der Waals surface area contributed by atoms with E-state index in [4.69, 9.17) is 9.97 Å². The van der Waals surface area contributed by atoms with Gasteiger partial charge < -0.3 is 15.5 Å². The molecule has 4 heterocycles. The van der Waals surface area contributed by atoms with Gasteiger partial charge in [0.1, 0.15) is 17.5 Å². The first-order valence-electron chi connectivity index (χ1n) is 12.9. The van der Waals surface area contributed by atoms with Gasteiger partial charge in [0.05, 0.1) is 17.4 Å². The fraction of sp³-hybridized carbons (Fsp3) is 0.357. The molecular weight excluding hydrogens is 453 g/mol. The van der Waals surface area contributed by atoms with Gasteiger partial charge in [-0.3, -0.25) is 4.98 Å². The highest BCUT2D eigenvalue weighted by atomic mass is 19.1. The van der Waals surface area contributed by atoms with Gasteiger partial charge in [-0.05, 0) is 72.9 Å². The quantitative estimate of drug-likeness (QED) is 0.395. The molecule has 0 unspecified atom stereocenters. The van der Waals surface area contributed by atoms with E-state index >= 15 is 0 Å². The largest absolute Gasteiger partial charge is 0.353 e. The molecule has 36 heavy (non-hydrogen) atoms. The zero-order valence-corrected chi connectivity index (χ0v) is 20.0. The Kier molecular flexibility index (Phi) is 5.27. The second kappa shape index (κ2) is 8.78. The third-order valence-electron chi connectivity index (χ3n) is 7.37. The van der Waals surface area contributed by atoms with E-state index in [0.29, 0.717) is 29.2 Å². The lowest BCUT2D eigenvalue weighted by atomic mass is 10.1. The number of fused-ring (bicyclic) bond motifs is 1. The summed E-state index contributed by atoms with van der Waals surface area (Å²) in [6.07, 6.45) is 10.3. The minimum atomic E-state index is -0.284. The summed E-state index contributed by atoms with van der Waals surface area (Å²) in [7, 11) is 0. The monoisotopic (exact) mass is 481 g/mol. The molecule has 1 saturated heterocycles. The summed E-state index contributed by atoms with van der Waals surface area (Å²) in [5.41, 5.74) is 4.58. The Morgan fingerprint density at radius 1 is 0.944 bits per heavy atom. The van der Waals surface area contributed by atoms with Crippen molar-refractivity contribution < 1.29 is 4.39 Å². The Morgan fingerprint density at radius 2 is 1.78 bits per heavy atom. The fourth-order valence-corrected chi connectivity index (χ4v) is 5.11. The summed E-state index contributed by atoms with van der Waals surface area (Å²) in [6, 6.07) is 9.12. The van der Waals surface area contributed by atoms with Crippen molar-refractivity contribution in [1.82, 2.24) is 25.3 Å². The molecule has 0 spiro atoms. The minimum absolute atomic E-state index is 0.284. The summed E-state index contributed by atoms with van der Waals surface area (Å²) in [4.78, 5) is 21.4. The summed E-state index contributed by atoms with van der Waals surface area (Å²) in [6.45, 7) is 3.66. The molecule has 4 aromatic rings. The fourth-order valence-electron chi connectivity index (χ4n) is 5.11. The van der Waals surface area contributed by atoms with Crippen molar-refractivity contribution in [1.29, 1.82) is 0 Å². The van der Waals surface area contributed by atoms with E-state index in [0.717, 1.165) is 48.5 Å². The number of nitrogens with one attached hydrogen (secondary N) is 2. The van der Waals surface area contributed by atoms with Gasteiger partial charge in [0.25, 0.3) is 0 Å². The van der Waals surface area contributed by atoms with Crippen molar-refractivity contribution >= 4 is 28.2 Å². The standard InChI is InChI=1S/C28H28FN7/c29-22-6-5-19(17-1-2-17)13-23(22)33-25-14-20(7-8-32-25)27-34-24-16-31-15-21(18-3-4-18)26(24)28(35-27)36-11-9-30-10-12-36/h5-8,13-18,30H,1-4,9-12H2,(H,32,33). The number of halogens is 1. The van der Waals surface area contributed by atoms with E-state index in [1.165, 1.54) is 42.9 Å². The number of piperazine rings is 1. The molecule has 1 aliphatic heterocycles. The minimum Gasteiger partial charge on any atom is -0.353 e. The molecule has 8 heteroatoms. The number of nitrogens with zero attached hydrogens (tertiary/aromatic N) is 5. The molecule has 3 fully saturated rings. The smallest absolute Gasteiger partial charge is 0.162 e. The van der Waals surface area contributed by atoms with Crippen molar-refractivity contribution in [3.8, 4) is 11.4 Å². The normalized spacial score (nSPS) is 18.0. The average Bonchev–Trinajstić information content (AvgIpc) is 3.83. The maximum Gasteiger partial charge on any atom is 0.162 e. The first kappa shape index (κ1) is 21.6. The summed E-state index contributed by atoms with van der Waals surface area (Å²) in [5.74, 6) is 2.99. The Labute approximate surface area is 209 Å². The van der Waals surface area contributed by atoms with Gasteiger partial charge in [-0.25, -0.2) is 19.3 Å². The van der Waals surface area contributed by atoms with Gasteiger partial charge in [-0.15, -0.1) is 0 Å². The van der Waals surface area contributed by atoms with E-state index in [1.54, 1.807) is 6.20 Å². The van der Waals surface area contributed by atoms with Gasteiger partial charge in [-0.1, -0.05) is 6.07 Å². The van der Waals surface area contributed by atoms with Gasteiger partial charge in [-0.2, -0.15) is 0 Å². The van der Waals surface area contributed by atoms with Crippen LogP contribution in [0.15, 0.2) is 48.9 Å². The molecule has 3 aromatic heterocycles. The van der Waals surface area contributed by atoms with Crippen LogP contribution >= 0.6 is 0 Å². The Morgan fingerprint density at radius 3 is 2.58 bits per heavy atom. The summed E-state index contributed by atoms with van der Waals surface area (Å²) < 4.78 is 14.6. The molecule has 0 radical (unpaired) electrons. The molecule has 182 valence electrons. The number of hydrogen-bond donors (Lipinski definition) is 2. The molecular formula is C28H28FN7. The molecule has 0 atom stereocenters. The highest BCUT2D eigenvalue weighted by molar-refractivity contribution is 5.94. The molecule has 0 bridgehead atoms. The van der Waals surface area contributed by atoms with Crippen molar-refractivity contribution in [2.75, 3.05) is 36.4 Å². The highest BCUT2D eigenvalue weighted by Crippen LogP contribution is 2.45. The number of hydrogen-bond acceptors (Lipinski definition) is 7. The van der Waals surface area contributed by atoms with Crippen LogP contribution < -0.4 is 15.5 Å². The number of anilines is 3. The van der Waals surface area contributed by atoms with Crippen LogP contribution in [0, 0.1) is 5.82 Å². The topological polar surface area (TPSA) is 78.9 Å². The number of pyridine rings is 2. The van der Waals surface area contributed by atoms with E-state index in [1.807, 2.05) is 36.7 Å². The number of aromatic nitrogens is 4. The zero-order chi connectivity index (χ0) is 24.1. The molecule has 2 N–H and O–H groups in total. The van der Waals surface area contributed by atoms with Gasteiger partial charge >= 0.3 is 0 Å². The number of rotatable bonds is 6. The van der Waals surface area contributed by atoms with Crippen LogP contribution in [0.5, 0.6) is 0 Å². The molecule has 1 aromatic carbocycles.